The quantitative estimate of drug-likeness (QED) is 0.732. The number of aliphatic hydroxyl groups is 3. The van der Waals surface area contributed by atoms with Gasteiger partial charge in [-0.15, -0.1) is 0 Å². The van der Waals surface area contributed by atoms with Gasteiger partial charge in [-0.25, -0.2) is 0 Å². The third-order valence-electron chi connectivity index (χ3n) is 3.91. The van der Waals surface area contributed by atoms with E-state index in [-0.39, 0.29) is 6.61 Å². The molecule has 1 aliphatic carbocycles. The Hall–Kier alpha value is -1.68. The van der Waals surface area contributed by atoms with Crippen molar-refractivity contribution in [2.75, 3.05) is 0 Å². The van der Waals surface area contributed by atoms with Crippen LogP contribution in [0.4, 0.5) is 0 Å². The lowest BCUT2D eigenvalue weighted by Crippen LogP contribution is -2.21. The van der Waals surface area contributed by atoms with Gasteiger partial charge in [-0.2, -0.15) is 0 Å². The summed E-state index contributed by atoms with van der Waals surface area (Å²) in [6.45, 7) is 1.85. The number of aliphatic hydroxyl groups excluding tert-OH is 3. The molecule has 0 radical (unpaired) electrons. The molecule has 0 bridgehead atoms. The zero-order valence-corrected chi connectivity index (χ0v) is 10.7. The summed E-state index contributed by atoms with van der Waals surface area (Å²) in [5, 5.41) is 31.7. The fraction of sp³-hybridized carbons (Fsp3) is 0.250. The van der Waals surface area contributed by atoms with Crippen LogP contribution < -0.4 is 0 Å². The van der Waals surface area contributed by atoms with E-state index < -0.39 is 12.2 Å². The largest absolute Gasteiger partial charge is 0.392 e. The maximum atomic E-state index is 10.2. The van der Waals surface area contributed by atoms with Gasteiger partial charge in [0.25, 0.3) is 0 Å². The molecule has 2 atom stereocenters. The monoisotopic (exact) mass is 256 g/mol. The van der Waals surface area contributed by atoms with Gasteiger partial charge in [0.1, 0.15) is 12.2 Å². The molecule has 1 aliphatic rings. The number of aryl methyl sites for hydroxylation is 1. The smallest absolute Gasteiger partial charge is 0.109 e. The van der Waals surface area contributed by atoms with E-state index in [1.165, 1.54) is 0 Å². The van der Waals surface area contributed by atoms with Crippen LogP contribution in [0.3, 0.4) is 0 Å². The highest BCUT2D eigenvalue weighted by Crippen LogP contribution is 2.38. The summed E-state index contributed by atoms with van der Waals surface area (Å²) < 4.78 is 0. The highest BCUT2D eigenvalue weighted by Gasteiger charge is 2.27. The van der Waals surface area contributed by atoms with E-state index >= 15 is 0 Å². The Bertz CT molecular complexity index is 673. The van der Waals surface area contributed by atoms with Crippen LogP contribution in [0.25, 0.3) is 16.8 Å². The van der Waals surface area contributed by atoms with Crippen LogP contribution in [-0.4, -0.2) is 21.4 Å². The predicted molar refractivity (Wildman–Crippen MR) is 74.6 cm³/mol. The van der Waals surface area contributed by atoms with Gasteiger partial charge < -0.3 is 15.3 Å². The molecular formula is C16H16O3. The zero-order valence-electron chi connectivity index (χ0n) is 10.7. The summed E-state index contributed by atoms with van der Waals surface area (Å²) in [6, 6.07) is 7.82. The summed E-state index contributed by atoms with van der Waals surface area (Å²) >= 11 is 0. The van der Waals surface area contributed by atoms with Crippen molar-refractivity contribution in [3.63, 3.8) is 0 Å². The van der Waals surface area contributed by atoms with Crippen LogP contribution in [0.1, 0.15) is 28.4 Å². The van der Waals surface area contributed by atoms with Gasteiger partial charge in [0.15, 0.2) is 0 Å². The van der Waals surface area contributed by atoms with Crippen LogP contribution in [0.15, 0.2) is 30.3 Å². The lowest BCUT2D eigenvalue weighted by molar-refractivity contribution is 0.0465. The molecule has 0 aromatic heterocycles. The Kier molecular flexibility index (Phi) is 2.90. The Labute approximate surface area is 111 Å². The third kappa shape index (κ3) is 1.70. The number of hydrogen-bond donors (Lipinski definition) is 3. The molecule has 0 aliphatic heterocycles. The second-order valence-corrected chi connectivity index (χ2v) is 4.93. The summed E-state index contributed by atoms with van der Waals surface area (Å²) in [7, 11) is 0. The second-order valence-electron chi connectivity index (χ2n) is 4.93. The summed E-state index contributed by atoms with van der Waals surface area (Å²) in [6.07, 6.45) is 1.53. The molecule has 0 fully saturated rings. The van der Waals surface area contributed by atoms with Crippen LogP contribution >= 0.6 is 0 Å². The van der Waals surface area contributed by atoms with Gasteiger partial charge in [0.05, 0.1) is 6.61 Å². The van der Waals surface area contributed by atoms with Gasteiger partial charge >= 0.3 is 0 Å². The van der Waals surface area contributed by atoms with Gasteiger partial charge in [-0.1, -0.05) is 36.4 Å². The van der Waals surface area contributed by atoms with E-state index in [1.54, 1.807) is 12.2 Å². The lowest BCUT2D eigenvalue weighted by atomic mass is 9.83. The Morgan fingerprint density at radius 1 is 1.11 bits per heavy atom. The molecule has 0 spiro atoms. The van der Waals surface area contributed by atoms with Gasteiger partial charge in [-0.3, -0.25) is 0 Å². The highest BCUT2D eigenvalue weighted by atomic mass is 16.3. The van der Waals surface area contributed by atoms with Crippen LogP contribution in [0.2, 0.25) is 0 Å². The molecule has 3 heteroatoms. The molecule has 98 valence electrons. The Morgan fingerprint density at radius 2 is 1.79 bits per heavy atom. The average molecular weight is 256 g/mol. The summed E-state index contributed by atoms with van der Waals surface area (Å²) in [5.74, 6) is 0. The SMILES string of the molecule is Cc1c2c(c(CO)c3ccccc13)C=CC(O)C2O. The van der Waals surface area contributed by atoms with Gasteiger partial charge in [0.2, 0.25) is 0 Å². The van der Waals surface area contributed by atoms with Crippen molar-refractivity contribution in [3.05, 3.63) is 52.6 Å². The molecule has 3 nitrogen and oxygen atoms in total. The summed E-state index contributed by atoms with van der Waals surface area (Å²) in [5.41, 5.74) is 3.31. The fourth-order valence-corrected chi connectivity index (χ4v) is 2.94. The Balaban J connectivity index is 2.46. The average Bonchev–Trinajstić information content (AvgIpc) is 2.43. The number of hydrogen-bond acceptors (Lipinski definition) is 3. The number of benzene rings is 2. The number of rotatable bonds is 1. The maximum absolute atomic E-state index is 10.2. The van der Waals surface area contributed by atoms with E-state index in [0.717, 1.165) is 33.0 Å². The number of fused-ring (bicyclic) bond motifs is 2. The first-order valence-electron chi connectivity index (χ1n) is 6.34. The molecule has 3 N–H and O–H groups in total. The minimum atomic E-state index is -0.935. The van der Waals surface area contributed by atoms with Crippen molar-refractivity contribution in [2.45, 2.75) is 25.7 Å². The van der Waals surface area contributed by atoms with Crippen LogP contribution in [0.5, 0.6) is 0 Å². The molecule has 0 amide bonds. The molecule has 19 heavy (non-hydrogen) atoms. The minimum absolute atomic E-state index is 0.0870. The van der Waals surface area contributed by atoms with Crippen molar-refractivity contribution in [1.29, 1.82) is 0 Å². The second kappa shape index (κ2) is 4.46. The molecule has 2 aromatic rings. The topological polar surface area (TPSA) is 60.7 Å². The maximum Gasteiger partial charge on any atom is 0.109 e. The molecule has 0 saturated heterocycles. The van der Waals surface area contributed by atoms with Crippen LogP contribution in [-0.2, 0) is 6.61 Å². The van der Waals surface area contributed by atoms with Crippen molar-refractivity contribution in [3.8, 4) is 0 Å². The lowest BCUT2D eigenvalue weighted by Gasteiger charge is -2.27. The van der Waals surface area contributed by atoms with E-state index in [9.17, 15) is 15.3 Å². The standard InChI is InChI=1S/C16H16O3/c1-9-10-4-2-3-5-11(10)13(8-17)12-6-7-14(18)16(19)15(9)12/h2-7,14,16-19H,8H2,1H3. The van der Waals surface area contributed by atoms with E-state index in [0.29, 0.717) is 0 Å². The minimum Gasteiger partial charge on any atom is -0.392 e. The van der Waals surface area contributed by atoms with Gasteiger partial charge in [-0.05, 0) is 39.9 Å². The van der Waals surface area contributed by atoms with Crippen molar-refractivity contribution in [1.82, 2.24) is 0 Å². The first-order valence-corrected chi connectivity index (χ1v) is 6.34. The molecular weight excluding hydrogens is 240 g/mol. The third-order valence-corrected chi connectivity index (χ3v) is 3.91. The van der Waals surface area contributed by atoms with Gasteiger partial charge in [0, 0.05) is 0 Å². The van der Waals surface area contributed by atoms with Crippen molar-refractivity contribution in [2.24, 2.45) is 0 Å². The summed E-state index contributed by atoms with van der Waals surface area (Å²) in [4.78, 5) is 0. The van der Waals surface area contributed by atoms with Crippen molar-refractivity contribution < 1.29 is 15.3 Å². The predicted octanol–water partition coefficient (Wildman–Crippen LogP) is 2.06. The molecule has 3 rings (SSSR count). The molecule has 2 aromatic carbocycles. The van der Waals surface area contributed by atoms with Crippen molar-refractivity contribution >= 4 is 16.8 Å². The molecule has 0 saturated carbocycles. The van der Waals surface area contributed by atoms with Crippen LogP contribution in [0, 0.1) is 6.92 Å². The first-order chi connectivity index (χ1) is 9.15. The molecule has 2 unspecified atom stereocenters. The Morgan fingerprint density at radius 3 is 2.47 bits per heavy atom. The highest BCUT2D eigenvalue weighted by molar-refractivity contribution is 5.93. The van der Waals surface area contributed by atoms with E-state index in [4.69, 9.17) is 0 Å². The van der Waals surface area contributed by atoms with E-state index in [1.807, 2.05) is 31.2 Å². The fourth-order valence-electron chi connectivity index (χ4n) is 2.94. The van der Waals surface area contributed by atoms with E-state index in [2.05, 4.69) is 0 Å². The normalized spacial score (nSPS) is 21.7. The first kappa shape index (κ1) is 12.4. The zero-order chi connectivity index (χ0) is 13.6. The molecule has 0 heterocycles.